The minimum atomic E-state index is 0.200. The van der Waals surface area contributed by atoms with Gasteiger partial charge in [-0.1, -0.05) is 46.3 Å². The summed E-state index contributed by atoms with van der Waals surface area (Å²) in [5.74, 6) is 0.200. The van der Waals surface area contributed by atoms with E-state index in [1.54, 1.807) is 12.4 Å². The van der Waals surface area contributed by atoms with E-state index in [0.29, 0.717) is 11.4 Å². The van der Waals surface area contributed by atoms with Gasteiger partial charge in [-0.15, -0.1) is 0 Å². The zero-order valence-electron chi connectivity index (χ0n) is 16.4. The molecule has 0 radical (unpaired) electrons. The van der Waals surface area contributed by atoms with Gasteiger partial charge in [0.05, 0.1) is 17.1 Å². The van der Waals surface area contributed by atoms with Crippen molar-refractivity contribution in [2.45, 2.75) is 0 Å². The highest BCUT2D eigenvalue weighted by Crippen LogP contribution is 2.33. The quantitative estimate of drug-likeness (QED) is 0.381. The second-order valence-electron chi connectivity index (χ2n) is 6.92. The average molecular weight is 469 g/mol. The predicted octanol–water partition coefficient (Wildman–Crippen LogP) is 5.40. The van der Waals surface area contributed by atoms with Crippen molar-refractivity contribution >= 4 is 21.9 Å². The Labute approximate surface area is 187 Å². The molecule has 2 N–H and O–H groups in total. The van der Waals surface area contributed by atoms with Crippen molar-refractivity contribution < 1.29 is 0 Å². The molecule has 0 fully saturated rings. The molecule has 0 saturated heterocycles. The van der Waals surface area contributed by atoms with Crippen LogP contribution in [0.3, 0.4) is 0 Å². The lowest BCUT2D eigenvalue weighted by Gasteiger charge is -2.06. The molecule has 0 atom stereocenters. The number of nitrogen functional groups attached to an aromatic ring is 1. The van der Waals surface area contributed by atoms with E-state index < -0.39 is 0 Å². The fraction of sp³-hybridized carbons (Fsp3) is 0. The Bertz CT molecular complexity index is 1330. The average Bonchev–Trinajstić information content (AvgIpc) is 3.26. The van der Waals surface area contributed by atoms with Gasteiger partial charge in [-0.2, -0.15) is 5.10 Å². The zero-order chi connectivity index (χ0) is 21.2. The van der Waals surface area contributed by atoms with Crippen LogP contribution in [0, 0.1) is 0 Å². The van der Waals surface area contributed by atoms with Crippen LogP contribution in [0.5, 0.6) is 0 Å². The number of para-hydroxylation sites is 1. The van der Waals surface area contributed by atoms with E-state index in [1.165, 1.54) is 0 Å². The van der Waals surface area contributed by atoms with Gasteiger partial charge in [0.15, 0.2) is 0 Å². The lowest BCUT2D eigenvalue weighted by atomic mass is 10.0. The van der Waals surface area contributed by atoms with E-state index >= 15 is 0 Å². The molecule has 0 bridgehead atoms. The van der Waals surface area contributed by atoms with Crippen LogP contribution in [-0.2, 0) is 0 Å². The Morgan fingerprint density at radius 3 is 2.32 bits per heavy atom. The van der Waals surface area contributed by atoms with Crippen LogP contribution in [0.25, 0.3) is 39.5 Å². The highest BCUT2D eigenvalue weighted by molar-refractivity contribution is 9.10. The second-order valence-corrected chi connectivity index (χ2v) is 7.83. The number of nitrogens with two attached hydrogens (primary N) is 1. The van der Waals surface area contributed by atoms with Crippen molar-refractivity contribution in [3.05, 3.63) is 95.9 Å². The molecule has 3 heterocycles. The molecular weight excluding hydrogens is 452 g/mol. The highest BCUT2D eigenvalue weighted by atomic mass is 79.9. The van der Waals surface area contributed by atoms with Crippen molar-refractivity contribution in [3.63, 3.8) is 0 Å². The maximum Gasteiger partial charge on any atom is 0.221 e. The SMILES string of the molecule is Nc1nc(-c2cccnc2)cc(-c2cn(-c3ccccc3)nc2-c2ccc(Br)cc2)n1. The lowest BCUT2D eigenvalue weighted by molar-refractivity contribution is 0.884. The Kier molecular flexibility index (Phi) is 5.01. The molecule has 0 amide bonds. The number of anilines is 1. The molecule has 0 unspecified atom stereocenters. The first-order chi connectivity index (χ1) is 15.2. The summed E-state index contributed by atoms with van der Waals surface area (Å²) in [5, 5.41) is 4.88. The third-order valence-corrected chi connectivity index (χ3v) is 5.36. The number of aromatic nitrogens is 5. The van der Waals surface area contributed by atoms with Crippen LogP contribution >= 0.6 is 15.9 Å². The molecular formula is C24H17BrN6. The lowest BCUT2D eigenvalue weighted by Crippen LogP contribution is -1.99. The van der Waals surface area contributed by atoms with Crippen LogP contribution in [0.2, 0.25) is 0 Å². The summed E-state index contributed by atoms with van der Waals surface area (Å²) in [7, 11) is 0. The third-order valence-electron chi connectivity index (χ3n) is 4.83. The zero-order valence-corrected chi connectivity index (χ0v) is 17.9. The molecule has 7 heteroatoms. The highest BCUT2D eigenvalue weighted by Gasteiger charge is 2.17. The first kappa shape index (κ1) is 19.1. The number of hydrogen-bond donors (Lipinski definition) is 1. The largest absolute Gasteiger partial charge is 0.368 e. The van der Waals surface area contributed by atoms with Gasteiger partial charge < -0.3 is 5.73 Å². The van der Waals surface area contributed by atoms with E-state index in [4.69, 9.17) is 10.8 Å². The molecule has 0 aliphatic carbocycles. The molecule has 31 heavy (non-hydrogen) atoms. The fourth-order valence-electron chi connectivity index (χ4n) is 3.36. The van der Waals surface area contributed by atoms with E-state index in [9.17, 15) is 0 Å². The van der Waals surface area contributed by atoms with E-state index in [0.717, 1.165) is 32.5 Å². The number of rotatable bonds is 4. The van der Waals surface area contributed by atoms with Gasteiger partial charge >= 0.3 is 0 Å². The van der Waals surface area contributed by atoms with Crippen molar-refractivity contribution in [1.29, 1.82) is 0 Å². The number of benzene rings is 2. The predicted molar refractivity (Wildman–Crippen MR) is 125 cm³/mol. The van der Waals surface area contributed by atoms with E-state index in [-0.39, 0.29) is 5.95 Å². The summed E-state index contributed by atoms with van der Waals surface area (Å²) < 4.78 is 2.86. The summed E-state index contributed by atoms with van der Waals surface area (Å²) in [6.45, 7) is 0. The molecule has 150 valence electrons. The van der Waals surface area contributed by atoms with Crippen LogP contribution in [0.1, 0.15) is 0 Å². The van der Waals surface area contributed by atoms with Crippen molar-refractivity contribution in [2.75, 3.05) is 5.73 Å². The van der Waals surface area contributed by atoms with Gasteiger partial charge in [0, 0.05) is 39.8 Å². The minimum Gasteiger partial charge on any atom is -0.368 e. The van der Waals surface area contributed by atoms with Gasteiger partial charge in [-0.25, -0.2) is 14.6 Å². The molecule has 0 aliphatic rings. The number of hydrogen-bond acceptors (Lipinski definition) is 5. The maximum absolute atomic E-state index is 6.08. The second kappa shape index (κ2) is 8.12. The summed E-state index contributed by atoms with van der Waals surface area (Å²) >= 11 is 3.50. The summed E-state index contributed by atoms with van der Waals surface area (Å²) in [6, 6.07) is 23.8. The number of halogens is 1. The van der Waals surface area contributed by atoms with Crippen LogP contribution in [0.4, 0.5) is 5.95 Å². The number of nitrogens with zero attached hydrogens (tertiary/aromatic N) is 5. The molecule has 6 nitrogen and oxygen atoms in total. The van der Waals surface area contributed by atoms with E-state index in [2.05, 4.69) is 30.9 Å². The standard InChI is InChI=1S/C24H17BrN6/c25-18-10-8-16(9-11-18)23-20(15-31(30-23)19-6-2-1-3-7-19)22-13-21(28-24(26)29-22)17-5-4-12-27-14-17/h1-15H,(H2,26,28,29). The Hall–Kier alpha value is -3.84. The van der Waals surface area contributed by atoms with Crippen molar-refractivity contribution in [1.82, 2.24) is 24.7 Å². The van der Waals surface area contributed by atoms with Crippen molar-refractivity contribution in [2.24, 2.45) is 0 Å². The van der Waals surface area contributed by atoms with Gasteiger partial charge in [-0.05, 0) is 42.5 Å². The van der Waals surface area contributed by atoms with Gasteiger partial charge in [0.1, 0.15) is 5.69 Å². The Morgan fingerprint density at radius 2 is 1.58 bits per heavy atom. The van der Waals surface area contributed by atoms with E-state index in [1.807, 2.05) is 83.7 Å². The van der Waals surface area contributed by atoms with Crippen LogP contribution in [-0.4, -0.2) is 24.7 Å². The first-order valence-corrected chi connectivity index (χ1v) is 10.4. The van der Waals surface area contributed by atoms with Crippen molar-refractivity contribution in [3.8, 4) is 39.5 Å². The summed E-state index contributed by atoms with van der Waals surface area (Å²) in [6.07, 6.45) is 5.46. The molecule has 0 saturated carbocycles. The summed E-state index contributed by atoms with van der Waals surface area (Å²) in [4.78, 5) is 13.1. The topological polar surface area (TPSA) is 82.5 Å². The first-order valence-electron chi connectivity index (χ1n) is 9.64. The fourth-order valence-corrected chi connectivity index (χ4v) is 3.63. The van der Waals surface area contributed by atoms with Crippen LogP contribution in [0.15, 0.2) is 95.9 Å². The van der Waals surface area contributed by atoms with Gasteiger partial charge in [0.25, 0.3) is 0 Å². The Morgan fingerprint density at radius 1 is 0.806 bits per heavy atom. The molecule has 5 aromatic rings. The third kappa shape index (κ3) is 3.95. The monoisotopic (exact) mass is 468 g/mol. The molecule has 0 spiro atoms. The number of pyridine rings is 1. The molecule has 2 aromatic carbocycles. The van der Waals surface area contributed by atoms with Gasteiger partial charge in [0.2, 0.25) is 5.95 Å². The van der Waals surface area contributed by atoms with Crippen LogP contribution < -0.4 is 5.73 Å². The molecule has 5 rings (SSSR count). The maximum atomic E-state index is 6.08. The molecule has 3 aromatic heterocycles. The molecule has 0 aliphatic heterocycles. The minimum absolute atomic E-state index is 0.200. The Balaban J connectivity index is 1.70. The normalized spacial score (nSPS) is 10.9. The van der Waals surface area contributed by atoms with Gasteiger partial charge in [-0.3, -0.25) is 4.98 Å². The smallest absolute Gasteiger partial charge is 0.221 e. The summed E-state index contributed by atoms with van der Waals surface area (Å²) in [5.41, 5.74) is 12.0.